The Bertz CT molecular complexity index is 637. The van der Waals surface area contributed by atoms with Gasteiger partial charge in [0, 0.05) is 26.2 Å². The summed E-state index contributed by atoms with van der Waals surface area (Å²) in [5.41, 5.74) is -1.11. The number of carbonyl (C=O) groups excluding carboxylic acids is 2. The van der Waals surface area contributed by atoms with E-state index in [1.807, 2.05) is 41.5 Å². The van der Waals surface area contributed by atoms with Gasteiger partial charge in [0.2, 0.25) is 10.0 Å². The quantitative estimate of drug-likeness (QED) is 0.637. The first kappa shape index (κ1) is 23.9. The molecule has 2 aliphatic rings. The van der Waals surface area contributed by atoms with Gasteiger partial charge in [-0.3, -0.25) is 4.79 Å². The molecule has 2 heterocycles. The zero-order valence-electron chi connectivity index (χ0n) is 18.6. The summed E-state index contributed by atoms with van der Waals surface area (Å²) in [7, 11) is -3.45. The van der Waals surface area contributed by atoms with Crippen molar-refractivity contribution < 1.29 is 27.5 Å². The minimum absolute atomic E-state index is 0.250. The van der Waals surface area contributed by atoms with Gasteiger partial charge in [-0.15, -0.1) is 0 Å². The molecule has 0 aromatic carbocycles. The van der Waals surface area contributed by atoms with Gasteiger partial charge in [-0.25, -0.2) is 17.5 Å². The van der Waals surface area contributed by atoms with Crippen molar-refractivity contribution in [1.82, 2.24) is 9.21 Å². The third kappa shape index (κ3) is 6.84. The molecule has 2 saturated heterocycles. The largest absolute Gasteiger partial charge is 0.460 e. The first-order chi connectivity index (χ1) is 13.2. The summed E-state index contributed by atoms with van der Waals surface area (Å²) in [5.74, 6) is -0.505. The summed E-state index contributed by atoms with van der Waals surface area (Å²) in [6, 6.07) is 0. The highest BCUT2D eigenvalue weighted by Gasteiger charge is 2.39. The number of hydrogen-bond donors (Lipinski definition) is 0. The number of hydrogen-bond acceptors (Lipinski definition) is 6. The minimum atomic E-state index is -3.45. The van der Waals surface area contributed by atoms with Gasteiger partial charge in [-0.05, 0) is 67.2 Å². The fraction of sp³-hybridized carbons (Fsp3) is 0.900. The van der Waals surface area contributed by atoms with E-state index < -0.39 is 32.6 Å². The number of carbonyl (C=O) groups is 2. The van der Waals surface area contributed by atoms with Crippen LogP contribution in [0.2, 0.25) is 0 Å². The fourth-order valence-corrected chi connectivity index (χ4v) is 5.55. The Labute approximate surface area is 174 Å². The molecule has 0 spiro atoms. The Morgan fingerprint density at radius 2 is 1.28 bits per heavy atom. The van der Waals surface area contributed by atoms with Crippen molar-refractivity contribution in [3.05, 3.63) is 0 Å². The van der Waals surface area contributed by atoms with Crippen molar-refractivity contribution in [1.29, 1.82) is 0 Å². The van der Waals surface area contributed by atoms with Crippen LogP contribution in [0.1, 0.15) is 67.2 Å². The lowest BCUT2D eigenvalue weighted by Gasteiger charge is -2.37. The number of piperidine rings is 2. The monoisotopic (exact) mass is 432 g/mol. The summed E-state index contributed by atoms with van der Waals surface area (Å²) in [5, 5.41) is -0.501. The second-order valence-electron chi connectivity index (χ2n) is 9.92. The number of nitrogens with zero attached hydrogens (tertiary/aromatic N) is 2. The number of sulfonamides is 1. The van der Waals surface area contributed by atoms with Crippen molar-refractivity contribution in [3.63, 3.8) is 0 Å². The summed E-state index contributed by atoms with van der Waals surface area (Å²) in [4.78, 5) is 26.0. The number of esters is 1. The van der Waals surface area contributed by atoms with Crippen molar-refractivity contribution in [2.24, 2.45) is 5.92 Å². The van der Waals surface area contributed by atoms with Crippen LogP contribution >= 0.6 is 0 Å². The third-order valence-corrected chi connectivity index (χ3v) is 7.47. The van der Waals surface area contributed by atoms with E-state index in [1.165, 1.54) is 4.31 Å². The summed E-state index contributed by atoms with van der Waals surface area (Å²) in [6.07, 6.45) is 1.35. The lowest BCUT2D eigenvalue weighted by molar-refractivity contribution is -0.161. The molecule has 1 amide bonds. The smallest absolute Gasteiger partial charge is 0.410 e. The van der Waals surface area contributed by atoms with Gasteiger partial charge in [0.25, 0.3) is 0 Å². The van der Waals surface area contributed by atoms with Crippen LogP contribution in [0.4, 0.5) is 4.79 Å². The van der Waals surface area contributed by atoms with Crippen LogP contribution in [0.5, 0.6) is 0 Å². The Morgan fingerprint density at radius 1 is 0.793 bits per heavy atom. The predicted molar refractivity (Wildman–Crippen MR) is 110 cm³/mol. The fourth-order valence-electron chi connectivity index (χ4n) is 3.60. The third-order valence-electron chi connectivity index (χ3n) is 5.07. The van der Waals surface area contributed by atoms with E-state index >= 15 is 0 Å². The van der Waals surface area contributed by atoms with E-state index in [-0.39, 0.29) is 11.9 Å². The maximum atomic E-state index is 13.0. The first-order valence-corrected chi connectivity index (χ1v) is 11.9. The molecule has 8 nitrogen and oxygen atoms in total. The molecule has 0 N–H and O–H groups in total. The van der Waals surface area contributed by atoms with Gasteiger partial charge in [0.1, 0.15) is 11.2 Å². The molecule has 0 aliphatic carbocycles. The molecule has 29 heavy (non-hydrogen) atoms. The highest BCUT2D eigenvalue weighted by atomic mass is 32.2. The maximum Gasteiger partial charge on any atom is 0.410 e. The van der Waals surface area contributed by atoms with E-state index in [1.54, 1.807) is 4.90 Å². The van der Waals surface area contributed by atoms with Gasteiger partial charge in [-0.1, -0.05) is 0 Å². The lowest BCUT2D eigenvalue weighted by Crippen LogP contribution is -2.50. The Morgan fingerprint density at radius 3 is 1.72 bits per heavy atom. The van der Waals surface area contributed by atoms with Crippen LogP contribution < -0.4 is 0 Å². The standard InChI is InChI=1S/C20H36N2O6S/c1-19(2,3)27-17(23)15-7-13-22(14-8-15)29(25,26)16-9-11-21(12-10-16)18(24)28-20(4,5)6/h15-16H,7-14H2,1-6H3. The van der Waals surface area contributed by atoms with Gasteiger partial charge < -0.3 is 14.4 Å². The Kier molecular flexibility index (Phi) is 7.26. The van der Waals surface area contributed by atoms with Crippen LogP contribution in [-0.2, 0) is 24.3 Å². The molecular weight excluding hydrogens is 396 g/mol. The van der Waals surface area contributed by atoms with Crippen molar-refractivity contribution >= 4 is 22.1 Å². The van der Waals surface area contributed by atoms with Crippen LogP contribution in [0.3, 0.4) is 0 Å². The zero-order valence-corrected chi connectivity index (χ0v) is 19.4. The van der Waals surface area contributed by atoms with Crippen LogP contribution in [0, 0.1) is 5.92 Å². The summed E-state index contributed by atoms with van der Waals surface area (Å²) in [6.45, 7) is 12.3. The van der Waals surface area contributed by atoms with E-state index in [2.05, 4.69) is 0 Å². The molecular formula is C20H36N2O6S. The van der Waals surface area contributed by atoms with Gasteiger partial charge in [-0.2, -0.15) is 0 Å². The molecule has 0 unspecified atom stereocenters. The van der Waals surface area contributed by atoms with E-state index in [9.17, 15) is 18.0 Å². The van der Waals surface area contributed by atoms with E-state index in [0.29, 0.717) is 51.9 Å². The molecule has 168 valence electrons. The average Bonchev–Trinajstić information content (AvgIpc) is 2.59. The van der Waals surface area contributed by atoms with Crippen molar-refractivity contribution in [3.8, 4) is 0 Å². The highest BCUT2D eigenvalue weighted by Crippen LogP contribution is 2.28. The van der Waals surface area contributed by atoms with E-state index in [0.717, 1.165) is 0 Å². The van der Waals surface area contributed by atoms with Crippen molar-refractivity contribution in [2.75, 3.05) is 26.2 Å². The predicted octanol–water partition coefficient (Wildman–Crippen LogP) is 2.77. The number of likely N-dealkylation sites (tertiary alicyclic amines) is 1. The second kappa shape index (κ2) is 8.79. The molecule has 2 aliphatic heterocycles. The second-order valence-corrected chi connectivity index (χ2v) is 12.1. The topological polar surface area (TPSA) is 93.2 Å². The number of amides is 1. The molecule has 2 fully saturated rings. The van der Waals surface area contributed by atoms with E-state index in [4.69, 9.17) is 9.47 Å². The van der Waals surface area contributed by atoms with Crippen molar-refractivity contribution in [2.45, 2.75) is 83.7 Å². The molecule has 0 bridgehead atoms. The molecule has 9 heteroatoms. The van der Waals surface area contributed by atoms with Gasteiger partial charge in [0.15, 0.2) is 0 Å². The van der Waals surface area contributed by atoms with Crippen LogP contribution in [-0.4, -0.2) is 72.3 Å². The van der Waals surface area contributed by atoms with Gasteiger partial charge in [0.05, 0.1) is 11.2 Å². The minimum Gasteiger partial charge on any atom is -0.460 e. The average molecular weight is 433 g/mol. The van der Waals surface area contributed by atoms with Crippen LogP contribution in [0.25, 0.3) is 0 Å². The van der Waals surface area contributed by atoms with Crippen LogP contribution in [0.15, 0.2) is 0 Å². The summed E-state index contributed by atoms with van der Waals surface area (Å²) >= 11 is 0. The SMILES string of the molecule is CC(C)(C)OC(=O)C1CCN(S(=O)(=O)C2CCN(C(=O)OC(C)(C)C)CC2)CC1. The molecule has 2 rings (SSSR count). The normalized spacial score (nSPS) is 21.1. The molecule has 0 aromatic heterocycles. The molecule has 0 atom stereocenters. The Hall–Kier alpha value is -1.35. The first-order valence-electron chi connectivity index (χ1n) is 10.4. The molecule has 0 aromatic rings. The highest BCUT2D eigenvalue weighted by molar-refractivity contribution is 7.89. The number of ether oxygens (including phenoxy) is 2. The molecule has 0 saturated carbocycles. The van der Waals surface area contributed by atoms with Gasteiger partial charge >= 0.3 is 12.1 Å². The molecule has 0 radical (unpaired) electrons. The Balaban J connectivity index is 1.87. The maximum absolute atomic E-state index is 13.0. The number of rotatable bonds is 3. The summed E-state index contributed by atoms with van der Waals surface area (Å²) < 4.78 is 38.3. The lowest BCUT2D eigenvalue weighted by atomic mass is 9.98. The zero-order chi connectivity index (χ0) is 22.0.